The first-order valence-corrected chi connectivity index (χ1v) is 8.42. The van der Waals surface area contributed by atoms with Crippen molar-refractivity contribution < 1.29 is 27.6 Å². The number of nitrogens with one attached hydrogen (secondary N) is 1. The Labute approximate surface area is 153 Å². The number of carbonyl (C=O) groups excluding carboxylic acids is 1. The van der Waals surface area contributed by atoms with Crippen LogP contribution < -0.4 is 5.48 Å². The summed E-state index contributed by atoms with van der Waals surface area (Å²) in [6.45, 7) is 1.34. The SMILES string of the molecule is O=C(NO)c1cc(F)c2c(c1)CCCN(Cc1ccc(C(F)(F)F)cc1)C2. The van der Waals surface area contributed by atoms with Crippen molar-refractivity contribution in [3.63, 3.8) is 0 Å². The van der Waals surface area contributed by atoms with Gasteiger partial charge in [0.25, 0.3) is 5.91 Å². The molecule has 2 aromatic carbocycles. The molecule has 3 rings (SSSR count). The molecule has 0 aliphatic carbocycles. The Morgan fingerprint density at radius 3 is 2.52 bits per heavy atom. The fourth-order valence-corrected chi connectivity index (χ4v) is 3.28. The molecule has 4 nitrogen and oxygen atoms in total. The van der Waals surface area contributed by atoms with Crippen molar-refractivity contribution in [2.75, 3.05) is 6.54 Å². The van der Waals surface area contributed by atoms with Crippen molar-refractivity contribution in [3.05, 3.63) is 70.0 Å². The number of hydrogen-bond donors (Lipinski definition) is 2. The second-order valence-corrected chi connectivity index (χ2v) is 6.55. The van der Waals surface area contributed by atoms with Gasteiger partial charge in [0.1, 0.15) is 5.82 Å². The van der Waals surface area contributed by atoms with Gasteiger partial charge in [0.05, 0.1) is 5.56 Å². The summed E-state index contributed by atoms with van der Waals surface area (Å²) in [7, 11) is 0. The summed E-state index contributed by atoms with van der Waals surface area (Å²) in [5.41, 5.74) is 2.71. The van der Waals surface area contributed by atoms with Crippen molar-refractivity contribution in [2.24, 2.45) is 0 Å². The van der Waals surface area contributed by atoms with Gasteiger partial charge in [-0.2, -0.15) is 13.2 Å². The molecule has 8 heteroatoms. The van der Waals surface area contributed by atoms with Crippen LogP contribution in [0.4, 0.5) is 17.6 Å². The van der Waals surface area contributed by atoms with E-state index in [-0.39, 0.29) is 5.56 Å². The lowest BCUT2D eigenvalue weighted by atomic mass is 10.00. The van der Waals surface area contributed by atoms with E-state index in [0.717, 1.165) is 24.6 Å². The molecule has 1 heterocycles. The van der Waals surface area contributed by atoms with E-state index >= 15 is 0 Å². The monoisotopic (exact) mass is 382 g/mol. The van der Waals surface area contributed by atoms with E-state index in [9.17, 15) is 22.4 Å². The number of benzene rings is 2. The lowest BCUT2D eigenvalue weighted by molar-refractivity contribution is -0.137. The minimum Gasteiger partial charge on any atom is -0.295 e. The van der Waals surface area contributed by atoms with Crippen LogP contribution >= 0.6 is 0 Å². The Hall–Kier alpha value is -2.45. The van der Waals surface area contributed by atoms with Crippen LogP contribution in [-0.4, -0.2) is 22.6 Å². The average Bonchev–Trinajstić information content (AvgIpc) is 2.83. The van der Waals surface area contributed by atoms with Gasteiger partial charge < -0.3 is 0 Å². The van der Waals surface area contributed by atoms with E-state index in [1.165, 1.54) is 17.6 Å². The molecule has 0 spiro atoms. The van der Waals surface area contributed by atoms with Crippen LogP contribution in [0, 0.1) is 5.82 Å². The number of hydroxylamine groups is 1. The Bertz CT molecular complexity index is 835. The van der Waals surface area contributed by atoms with Crippen LogP contribution in [-0.2, 0) is 25.7 Å². The fourth-order valence-electron chi connectivity index (χ4n) is 3.28. The first-order valence-electron chi connectivity index (χ1n) is 8.42. The van der Waals surface area contributed by atoms with Crippen LogP contribution in [0.25, 0.3) is 0 Å². The molecule has 1 aliphatic rings. The third-order valence-electron chi connectivity index (χ3n) is 4.64. The summed E-state index contributed by atoms with van der Waals surface area (Å²) in [5, 5.41) is 8.71. The highest BCUT2D eigenvalue weighted by molar-refractivity contribution is 5.93. The molecule has 0 saturated heterocycles. The molecule has 0 atom stereocenters. The zero-order chi connectivity index (χ0) is 19.6. The van der Waals surface area contributed by atoms with Gasteiger partial charge in [-0.25, -0.2) is 9.87 Å². The standard InChI is InChI=1S/C19H18F4N2O2/c20-17-9-14(18(26)24-27)8-13-2-1-7-25(11-16(13)17)10-12-3-5-15(6-4-12)19(21,22)23/h3-6,8-9,27H,1-2,7,10-11H2,(H,24,26). The van der Waals surface area contributed by atoms with Gasteiger partial charge >= 0.3 is 6.18 Å². The number of carbonyl (C=O) groups is 1. The molecule has 0 saturated carbocycles. The lowest BCUT2D eigenvalue weighted by Crippen LogP contribution is -2.23. The molecule has 144 valence electrons. The van der Waals surface area contributed by atoms with Gasteiger partial charge in [0, 0.05) is 24.2 Å². The third-order valence-corrected chi connectivity index (χ3v) is 4.64. The van der Waals surface area contributed by atoms with Gasteiger partial charge in [-0.15, -0.1) is 0 Å². The summed E-state index contributed by atoms with van der Waals surface area (Å²) in [5.74, 6) is -1.31. The molecular weight excluding hydrogens is 364 g/mol. The van der Waals surface area contributed by atoms with Crippen molar-refractivity contribution in [2.45, 2.75) is 32.1 Å². The first-order chi connectivity index (χ1) is 12.8. The number of fused-ring (bicyclic) bond motifs is 1. The zero-order valence-electron chi connectivity index (χ0n) is 14.3. The molecule has 0 fully saturated rings. The van der Waals surface area contributed by atoms with Crippen LogP contribution in [0.2, 0.25) is 0 Å². The maximum atomic E-state index is 14.5. The normalized spacial score (nSPS) is 15.1. The van der Waals surface area contributed by atoms with E-state index < -0.39 is 23.5 Å². The van der Waals surface area contributed by atoms with Gasteiger partial charge in [-0.3, -0.25) is 14.9 Å². The van der Waals surface area contributed by atoms with Crippen LogP contribution in [0.1, 0.15) is 39.0 Å². The van der Waals surface area contributed by atoms with E-state index in [1.807, 2.05) is 4.90 Å². The highest BCUT2D eigenvalue weighted by Gasteiger charge is 2.30. The number of halogens is 4. The Morgan fingerprint density at radius 2 is 1.89 bits per heavy atom. The zero-order valence-corrected chi connectivity index (χ0v) is 14.3. The quantitative estimate of drug-likeness (QED) is 0.481. The summed E-state index contributed by atoms with van der Waals surface area (Å²) in [6.07, 6.45) is -3.08. The van der Waals surface area contributed by atoms with E-state index in [2.05, 4.69) is 0 Å². The molecule has 2 aromatic rings. The molecule has 2 N–H and O–H groups in total. The summed E-state index contributed by atoms with van der Waals surface area (Å²) < 4.78 is 52.5. The highest BCUT2D eigenvalue weighted by Crippen LogP contribution is 2.30. The van der Waals surface area contributed by atoms with Crippen molar-refractivity contribution >= 4 is 5.91 Å². The van der Waals surface area contributed by atoms with Crippen LogP contribution in [0.3, 0.4) is 0 Å². The smallest absolute Gasteiger partial charge is 0.295 e. The number of nitrogens with zero attached hydrogens (tertiary/aromatic N) is 1. The van der Waals surface area contributed by atoms with Crippen molar-refractivity contribution in [1.29, 1.82) is 0 Å². The molecule has 0 aromatic heterocycles. The van der Waals surface area contributed by atoms with Gasteiger partial charge in [0.15, 0.2) is 0 Å². The Kier molecular flexibility index (Phi) is 5.48. The molecule has 0 radical (unpaired) electrons. The molecular formula is C19H18F4N2O2. The number of rotatable bonds is 3. The maximum Gasteiger partial charge on any atom is 0.416 e. The highest BCUT2D eigenvalue weighted by atomic mass is 19.4. The summed E-state index contributed by atoms with van der Waals surface area (Å²) in [4.78, 5) is 13.5. The maximum absolute atomic E-state index is 14.5. The van der Waals surface area contributed by atoms with Crippen molar-refractivity contribution in [1.82, 2.24) is 10.4 Å². The van der Waals surface area contributed by atoms with Gasteiger partial charge in [-0.05, 0) is 54.8 Å². The largest absolute Gasteiger partial charge is 0.416 e. The first kappa shape index (κ1) is 19.3. The summed E-state index contributed by atoms with van der Waals surface area (Å²) >= 11 is 0. The lowest BCUT2D eigenvalue weighted by Gasteiger charge is -2.21. The number of amides is 1. The Balaban J connectivity index is 1.78. The molecule has 0 bridgehead atoms. The van der Waals surface area contributed by atoms with E-state index in [1.54, 1.807) is 6.07 Å². The van der Waals surface area contributed by atoms with E-state index in [4.69, 9.17) is 5.21 Å². The number of alkyl halides is 3. The molecule has 0 unspecified atom stereocenters. The minimum atomic E-state index is -4.37. The molecule has 1 aliphatic heterocycles. The minimum absolute atomic E-state index is 0.0462. The number of hydrogen-bond acceptors (Lipinski definition) is 3. The van der Waals surface area contributed by atoms with Crippen LogP contribution in [0.5, 0.6) is 0 Å². The second-order valence-electron chi connectivity index (χ2n) is 6.55. The second kappa shape index (κ2) is 7.66. The fraction of sp³-hybridized carbons (Fsp3) is 0.316. The molecule has 27 heavy (non-hydrogen) atoms. The average molecular weight is 382 g/mol. The third kappa shape index (κ3) is 4.45. The van der Waals surface area contributed by atoms with Gasteiger partial charge in [-0.1, -0.05) is 12.1 Å². The van der Waals surface area contributed by atoms with E-state index in [0.29, 0.717) is 42.7 Å². The number of aryl methyl sites for hydroxylation is 1. The van der Waals surface area contributed by atoms with Crippen LogP contribution in [0.15, 0.2) is 36.4 Å². The van der Waals surface area contributed by atoms with Gasteiger partial charge in [0.2, 0.25) is 0 Å². The van der Waals surface area contributed by atoms with Crippen molar-refractivity contribution in [3.8, 4) is 0 Å². The Morgan fingerprint density at radius 1 is 1.19 bits per heavy atom. The molecule has 1 amide bonds. The summed E-state index contributed by atoms with van der Waals surface area (Å²) in [6, 6.07) is 7.58. The predicted octanol–water partition coefficient (Wildman–Crippen LogP) is 3.91. The predicted molar refractivity (Wildman–Crippen MR) is 89.5 cm³/mol. The topological polar surface area (TPSA) is 52.6 Å².